The van der Waals surface area contributed by atoms with Crippen LogP contribution in [0.1, 0.15) is 24.8 Å². The van der Waals surface area contributed by atoms with Crippen LogP contribution in [0.25, 0.3) is 0 Å². The number of piperidine rings is 1. The van der Waals surface area contributed by atoms with E-state index in [9.17, 15) is 4.79 Å². The number of carbonyl (C=O) groups excluding carboxylic acids is 1. The van der Waals surface area contributed by atoms with Gasteiger partial charge in [-0.05, 0) is 42.7 Å². The van der Waals surface area contributed by atoms with Crippen LogP contribution in [0.4, 0.5) is 5.69 Å². The van der Waals surface area contributed by atoms with Crippen molar-refractivity contribution >= 4 is 11.6 Å². The summed E-state index contributed by atoms with van der Waals surface area (Å²) in [6, 6.07) is 15.0. The number of rotatable bonds is 3. The molecule has 0 spiro atoms. The van der Waals surface area contributed by atoms with Crippen molar-refractivity contribution in [1.82, 2.24) is 9.88 Å². The fourth-order valence-electron chi connectivity index (χ4n) is 4.00. The summed E-state index contributed by atoms with van der Waals surface area (Å²) in [6.45, 7) is 1.99. The Balaban J connectivity index is 1.56. The number of benzene rings is 1. The smallest absolute Gasteiger partial charge is 0.227 e. The van der Waals surface area contributed by atoms with Crippen molar-refractivity contribution in [3.05, 3.63) is 60.4 Å². The van der Waals surface area contributed by atoms with Crippen molar-refractivity contribution in [3.8, 4) is 0 Å². The maximum Gasteiger partial charge on any atom is 0.227 e. The molecule has 2 saturated heterocycles. The average molecular weight is 307 g/mol. The first-order chi connectivity index (χ1) is 11.3. The molecular formula is C19H21N3O. The molecule has 0 N–H and O–H groups in total. The monoisotopic (exact) mass is 307 g/mol. The molecule has 2 fully saturated rings. The quantitative estimate of drug-likeness (QED) is 0.875. The first-order valence-corrected chi connectivity index (χ1v) is 8.33. The van der Waals surface area contributed by atoms with Gasteiger partial charge in [0.15, 0.2) is 0 Å². The first-order valence-electron chi connectivity index (χ1n) is 8.33. The van der Waals surface area contributed by atoms with E-state index in [1.165, 1.54) is 5.56 Å². The SMILES string of the molecule is O=C1CC[C@@H]2[C@@H](CCN2Cc2ccncc2)N1c1ccccc1. The van der Waals surface area contributed by atoms with E-state index < -0.39 is 0 Å². The van der Waals surface area contributed by atoms with Crippen LogP contribution in [0.5, 0.6) is 0 Å². The topological polar surface area (TPSA) is 36.4 Å². The molecule has 0 aliphatic carbocycles. The molecule has 0 bridgehead atoms. The number of fused-ring (bicyclic) bond motifs is 1. The second-order valence-corrected chi connectivity index (χ2v) is 6.39. The largest absolute Gasteiger partial charge is 0.308 e. The molecule has 1 amide bonds. The van der Waals surface area contributed by atoms with E-state index in [2.05, 4.69) is 22.0 Å². The summed E-state index contributed by atoms with van der Waals surface area (Å²) in [5.41, 5.74) is 2.33. The third-order valence-electron chi connectivity index (χ3n) is 5.05. The normalized spacial score (nSPS) is 24.7. The minimum atomic E-state index is 0.267. The molecule has 0 saturated carbocycles. The number of carbonyl (C=O) groups is 1. The summed E-state index contributed by atoms with van der Waals surface area (Å²) in [4.78, 5) is 21.2. The van der Waals surface area contributed by atoms with Crippen LogP contribution in [0.3, 0.4) is 0 Å². The second-order valence-electron chi connectivity index (χ2n) is 6.39. The van der Waals surface area contributed by atoms with Gasteiger partial charge in [-0.3, -0.25) is 14.7 Å². The number of hydrogen-bond donors (Lipinski definition) is 0. The maximum absolute atomic E-state index is 12.5. The predicted octanol–water partition coefficient (Wildman–Crippen LogP) is 2.85. The van der Waals surface area contributed by atoms with E-state index in [1.807, 2.05) is 47.6 Å². The number of anilines is 1. The summed E-state index contributed by atoms with van der Waals surface area (Å²) < 4.78 is 0. The molecule has 23 heavy (non-hydrogen) atoms. The Morgan fingerprint density at radius 3 is 2.57 bits per heavy atom. The Labute approximate surface area is 136 Å². The highest BCUT2D eigenvalue weighted by Crippen LogP contribution is 2.35. The van der Waals surface area contributed by atoms with Crippen LogP contribution in [-0.4, -0.2) is 34.4 Å². The van der Waals surface area contributed by atoms with Gasteiger partial charge in [-0.1, -0.05) is 18.2 Å². The van der Waals surface area contributed by atoms with Crippen LogP contribution in [0.15, 0.2) is 54.9 Å². The molecule has 0 unspecified atom stereocenters. The number of pyridine rings is 1. The molecule has 2 aliphatic heterocycles. The van der Waals surface area contributed by atoms with Gasteiger partial charge in [0.25, 0.3) is 0 Å². The average Bonchev–Trinajstić information content (AvgIpc) is 2.99. The van der Waals surface area contributed by atoms with Crippen molar-refractivity contribution in [1.29, 1.82) is 0 Å². The summed E-state index contributed by atoms with van der Waals surface area (Å²) in [5.74, 6) is 0.267. The van der Waals surface area contributed by atoms with Gasteiger partial charge in [0.05, 0.1) is 6.04 Å². The summed E-state index contributed by atoms with van der Waals surface area (Å²) in [5, 5.41) is 0. The highest BCUT2D eigenvalue weighted by molar-refractivity contribution is 5.95. The maximum atomic E-state index is 12.5. The Kier molecular flexibility index (Phi) is 3.83. The zero-order valence-corrected chi connectivity index (χ0v) is 13.1. The Morgan fingerprint density at radius 2 is 1.78 bits per heavy atom. The lowest BCUT2D eigenvalue weighted by atomic mass is 9.95. The molecule has 3 heterocycles. The standard InChI is InChI=1S/C19H21N3O/c23-19-7-6-17-18(22(19)16-4-2-1-3-5-16)10-13-21(17)14-15-8-11-20-12-9-15/h1-5,8-9,11-12,17-18H,6-7,10,13-14H2/t17-,18-/m1/s1. The lowest BCUT2D eigenvalue weighted by molar-refractivity contribution is -0.120. The third-order valence-corrected chi connectivity index (χ3v) is 5.05. The summed E-state index contributed by atoms with van der Waals surface area (Å²) in [6.07, 6.45) is 6.37. The van der Waals surface area contributed by atoms with Crippen LogP contribution < -0.4 is 4.90 Å². The third kappa shape index (κ3) is 2.75. The first kappa shape index (κ1) is 14.4. The summed E-state index contributed by atoms with van der Waals surface area (Å²) >= 11 is 0. The number of nitrogens with zero attached hydrogens (tertiary/aromatic N) is 3. The van der Waals surface area contributed by atoms with Gasteiger partial charge in [-0.2, -0.15) is 0 Å². The molecule has 0 radical (unpaired) electrons. The Morgan fingerprint density at radius 1 is 1.00 bits per heavy atom. The van der Waals surface area contributed by atoms with Crippen molar-refractivity contribution in [2.45, 2.75) is 37.9 Å². The minimum absolute atomic E-state index is 0.267. The van der Waals surface area contributed by atoms with Gasteiger partial charge in [0.1, 0.15) is 0 Å². The van der Waals surface area contributed by atoms with E-state index in [0.29, 0.717) is 18.5 Å². The van der Waals surface area contributed by atoms with E-state index >= 15 is 0 Å². The van der Waals surface area contributed by atoms with Gasteiger partial charge in [0, 0.05) is 43.6 Å². The predicted molar refractivity (Wildman–Crippen MR) is 90.0 cm³/mol. The number of likely N-dealkylation sites (tertiary alicyclic amines) is 1. The Hall–Kier alpha value is -2.20. The lowest BCUT2D eigenvalue weighted by Crippen LogP contribution is -2.52. The highest BCUT2D eigenvalue weighted by Gasteiger charge is 2.43. The molecule has 2 atom stereocenters. The zero-order valence-electron chi connectivity index (χ0n) is 13.1. The van der Waals surface area contributed by atoms with Crippen LogP contribution in [0.2, 0.25) is 0 Å². The molecule has 4 rings (SSSR count). The van der Waals surface area contributed by atoms with Gasteiger partial charge in [0.2, 0.25) is 5.91 Å². The number of hydrogen-bond acceptors (Lipinski definition) is 3. The molecule has 2 aliphatic rings. The second kappa shape index (κ2) is 6.13. The molecule has 4 heteroatoms. The number of amides is 1. The van der Waals surface area contributed by atoms with Gasteiger partial charge >= 0.3 is 0 Å². The van der Waals surface area contributed by atoms with E-state index in [0.717, 1.165) is 31.6 Å². The van der Waals surface area contributed by atoms with E-state index in [-0.39, 0.29) is 5.91 Å². The molecule has 118 valence electrons. The van der Waals surface area contributed by atoms with Gasteiger partial charge in [-0.15, -0.1) is 0 Å². The molecule has 1 aromatic carbocycles. The lowest BCUT2D eigenvalue weighted by Gasteiger charge is -2.40. The molecule has 2 aromatic rings. The zero-order chi connectivity index (χ0) is 15.6. The van der Waals surface area contributed by atoms with Crippen LogP contribution >= 0.6 is 0 Å². The van der Waals surface area contributed by atoms with E-state index in [1.54, 1.807) is 0 Å². The van der Waals surface area contributed by atoms with E-state index in [4.69, 9.17) is 0 Å². The molecular weight excluding hydrogens is 286 g/mol. The fraction of sp³-hybridized carbons (Fsp3) is 0.368. The highest BCUT2D eigenvalue weighted by atomic mass is 16.2. The van der Waals surface area contributed by atoms with Crippen LogP contribution in [0, 0.1) is 0 Å². The van der Waals surface area contributed by atoms with Gasteiger partial charge in [-0.25, -0.2) is 0 Å². The van der Waals surface area contributed by atoms with Crippen LogP contribution in [-0.2, 0) is 11.3 Å². The molecule has 4 nitrogen and oxygen atoms in total. The van der Waals surface area contributed by atoms with Crippen molar-refractivity contribution in [2.24, 2.45) is 0 Å². The number of aromatic nitrogens is 1. The van der Waals surface area contributed by atoms with Crippen molar-refractivity contribution in [2.75, 3.05) is 11.4 Å². The number of para-hydroxylation sites is 1. The molecule has 1 aromatic heterocycles. The van der Waals surface area contributed by atoms with Crippen molar-refractivity contribution < 1.29 is 4.79 Å². The van der Waals surface area contributed by atoms with Gasteiger partial charge < -0.3 is 4.90 Å². The fourth-order valence-corrected chi connectivity index (χ4v) is 4.00. The van der Waals surface area contributed by atoms with Crippen molar-refractivity contribution in [3.63, 3.8) is 0 Å². The minimum Gasteiger partial charge on any atom is -0.308 e. The summed E-state index contributed by atoms with van der Waals surface area (Å²) in [7, 11) is 0. The Bertz CT molecular complexity index is 674.